The molecule has 7 heteroatoms. The summed E-state index contributed by atoms with van der Waals surface area (Å²) >= 11 is 0. The van der Waals surface area contributed by atoms with E-state index in [9.17, 15) is 8.78 Å². The van der Waals surface area contributed by atoms with E-state index in [1.165, 1.54) is 5.56 Å². The van der Waals surface area contributed by atoms with Gasteiger partial charge in [0, 0.05) is 5.69 Å². The lowest BCUT2D eigenvalue weighted by atomic mass is 10.1. The van der Waals surface area contributed by atoms with Gasteiger partial charge in [-0.25, -0.2) is 13.8 Å². The number of benzene rings is 2. The van der Waals surface area contributed by atoms with Crippen LogP contribution >= 0.6 is 24.0 Å². The Morgan fingerprint density at radius 1 is 1.16 bits per heavy atom. The standard InChI is InChI=1S/C18H21F2N3O.HI/c1-12-6-7-15(8-13(12)2)23-18(21)22-10-14-4-3-5-16(9-14)24-11-17(19)20;/h3-9,17H,10-11H2,1-2H3,(H3,21,22,23);1H. The summed E-state index contributed by atoms with van der Waals surface area (Å²) in [4.78, 5) is 4.26. The topological polar surface area (TPSA) is 59.6 Å². The Morgan fingerprint density at radius 2 is 1.92 bits per heavy atom. The van der Waals surface area contributed by atoms with Crippen molar-refractivity contribution < 1.29 is 13.5 Å². The summed E-state index contributed by atoms with van der Waals surface area (Å²) < 4.78 is 29.3. The maximum atomic E-state index is 12.2. The fraction of sp³-hybridized carbons (Fsp3) is 0.278. The lowest BCUT2D eigenvalue weighted by Gasteiger charge is -2.09. The molecule has 0 saturated carbocycles. The van der Waals surface area contributed by atoms with Gasteiger partial charge in [0.2, 0.25) is 0 Å². The first kappa shape index (κ1) is 21.1. The summed E-state index contributed by atoms with van der Waals surface area (Å²) in [6.07, 6.45) is -2.50. The Hall–Kier alpha value is -1.90. The number of nitrogens with two attached hydrogens (primary N) is 1. The number of ether oxygens (including phenoxy) is 1. The zero-order valence-electron chi connectivity index (χ0n) is 14.1. The number of hydrogen-bond acceptors (Lipinski definition) is 2. The van der Waals surface area contributed by atoms with Crippen molar-refractivity contribution in [2.24, 2.45) is 10.7 Å². The molecule has 0 unspecified atom stereocenters. The van der Waals surface area contributed by atoms with E-state index in [0.29, 0.717) is 12.3 Å². The molecule has 2 aromatic carbocycles. The first-order valence-corrected chi connectivity index (χ1v) is 7.58. The Morgan fingerprint density at radius 3 is 2.60 bits per heavy atom. The van der Waals surface area contributed by atoms with E-state index in [-0.39, 0.29) is 29.9 Å². The lowest BCUT2D eigenvalue weighted by Crippen LogP contribution is -2.22. The van der Waals surface area contributed by atoms with Gasteiger partial charge >= 0.3 is 0 Å². The summed E-state index contributed by atoms with van der Waals surface area (Å²) in [7, 11) is 0. The van der Waals surface area contributed by atoms with E-state index < -0.39 is 13.0 Å². The number of hydrogen-bond donors (Lipinski definition) is 2. The molecule has 0 fully saturated rings. The Balaban J connectivity index is 0.00000312. The van der Waals surface area contributed by atoms with Gasteiger partial charge in [-0.05, 0) is 54.8 Å². The number of aliphatic imine (C=N–C) groups is 1. The van der Waals surface area contributed by atoms with Crippen LogP contribution in [-0.4, -0.2) is 19.0 Å². The zero-order valence-corrected chi connectivity index (χ0v) is 16.5. The van der Waals surface area contributed by atoms with Crippen molar-refractivity contribution >= 4 is 35.6 Å². The number of rotatable bonds is 6. The van der Waals surface area contributed by atoms with Gasteiger partial charge in [-0.2, -0.15) is 0 Å². The maximum absolute atomic E-state index is 12.2. The number of anilines is 1. The summed E-state index contributed by atoms with van der Waals surface area (Å²) in [6, 6.07) is 12.8. The lowest BCUT2D eigenvalue weighted by molar-refractivity contribution is 0.0818. The highest BCUT2D eigenvalue weighted by Crippen LogP contribution is 2.16. The van der Waals surface area contributed by atoms with Crippen LogP contribution in [0.5, 0.6) is 5.75 Å². The summed E-state index contributed by atoms with van der Waals surface area (Å²) in [5.74, 6) is 0.681. The van der Waals surface area contributed by atoms with Crippen molar-refractivity contribution in [1.82, 2.24) is 0 Å². The second kappa shape index (κ2) is 10.2. The molecule has 2 rings (SSSR count). The largest absolute Gasteiger partial charge is 0.488 e. The monoisotopic (exact) mass is 461 g/mol. The van der Waals surface area contributed by atoms with Gasteiger partial charge in [0.15, 0.2) is 5.96 Å². The molecule has 0 spiro atoms. The molecule has 0 aliphatic carbocycles. The van der Waals surface area contributed by atoms with Crippen LogP contribution in [0.1, 0.15) is 16.7 Å². The molecular weight excluding hydrogens is 439 g/mol. The van der Waals surface area contributed by atoms with Crippen molar-refractivity contribution in [2.45, 2.75) is 26.8 Å². The molecule has 0 atom stereocenters. The Kier molecular flexibility index (Phi) is 8.60. The van der Waals surface area contributed by atoms with Crippen molar-refractivity contribution in [3.8, 4) is 5.75 Å². The first-order valence-electron chi connectivity index (χ1n) is 7.58. The van der Waals surface area contributed by atoms with Crippen molar-refractivity contribution in [3.63, 3.8) is 0 Å². The Bertz CT molecular complexity index is 723. The molecule has 4 nitrogen and oxygen atoms in total. The highest BCUT2D eigenvalue weighted by Gasteiger charge is 2.04. The molecule has 0 aliphatic rings. The third-order valence-corrected chi connectivity index (χ3v) is 3.49. The fourth-order valence-electron chi connectivity index (χ4n) is 2.08. The molecule has 0 heterocycles. The minimum Gasteiger partial charge on any atom is -0.488 e. The molecular formula is C18H22F2IN3O. The van der Waals surface area contributed by atoms with Crippen molar-refractivity contribution in [3.05, 3.63) is 59.2 Å². The minimum absolute atomic E-state index is 0. The summed E-state index contributed by atoms with van der Waals surface area (Å²) in [6.45, 7) is 3.77. The number of halogens is 3. The predicted octanol–water partition coefficient (Wildman–Crippen LogP) is 4.49. The minimum atomic E-state index is -2.50. The maximum Gasteiger partial charge on any atom is 0.272 e. The summed E-state index contributed by atoms with van der Waals surface area (Å²) in [5, 5.41) is 3.03. The molecule has 136 valence electrons. The molecule has 0 saturated heterocycles. The third kappa shape index (κ3) is 7.25. The smallest absolute Gasteiger partial charge is 0.272 e. The average molecular weight is 461 g/mol. The first-order chi connectivity index (χ1) is 11.4. The van der Waals surface area contributed by atoms with Gasteiger partial charge < -0.3 is 15.8 Å². The highest BCUT2D eigenvalue weighted by atomic mass is 127. The number of nitrogens with zero attached hydrogens (tertiary/aromatic N) is 1. The van der Waals surface area contributed by atoms with Crippen LogP contribution in [-0.2, 0) is 6.54 Å². The van der Waals surface area contributed by atoms with Crippen molar-refractivity contribution in [2.75, 3.05) is 11.9 Å². The van der Waals surface area contributed by atoms with Gasteiger partial charge in [0.1, 0.15) is 12.4 Å². The van der Waals surface area contributed by atoms with Crippen LogP contribution in [0.15, 0.2) is 47.5 Å². The molecule has 0 aliphatic heterocycles. The third-order valence-electron chi connectivity index (χ3n) is 3.49. The molecule has 25 heavy (non-hydrogen) atoms. The number of nitrogens with one attached hydrogen (secondary N) is 1. The SMILES string of the molecule is Cc1ccc(NC(N)=NCc2cccc(OCC(F)F)c2)cc1C.I. The number of guanidine groups is 1. The van der Waals surface area contributed by atoms with Crippen LogP contribution in [0.3, 0.4) is 0 Å². The molecule has 2 aromatic rings. The van der Waals surface area contributed by atoms with Crippen LogP contribution in [0.4, 0.5) is 14.5 Å². The quantitative estimate of drug-likeness (QED) is 0.379. The van der Waals surface area contributed by atoms with E-state index in [2.05, 4.69) is 10.3 Å². The number of alkyl halides is 2. The summed E-state index contributed by atoms with van der Waals surface area (Å²) in [5.41, 5.74) is 9.95. The van der Waals surface area contributed by atoms with E-state index >= 15 is 0 Å². The molecule has 0 bridgehead atoms. The van der Waals surface area contributed by atoms with Crippen LogP contribution in [0.2, 0.25) is 0 Å². The molecule has 0 amide bonds. The highest BCUT2D eigenvalue weighted by molar-refractivity contribution is 14.0. The van der Waals surface area contributed by atoms with Crippen LogP contribution in [0, 0.1) is 13.8 Å². The van der Waals surface area contributed by atoms with E-state index in [0.717, 1.165) is 16.8 Å². The van der Waals surface area contributed by atoms with Crippen LogP contribution < -0.4 is 15.8 Å². The fourth-order valence-corrected chi connectivity index (χ4v) is 2.08. The zero-order chi connectivity index (χ0) is 17.5. The van der Waals surface area contributed by atoms with Crippen LogP contribution in [0.25, 0.3) is 0 Å². The second-order valence-electron chi connectivity index (χ2n) is 5.48. The van der Waals surface area contributed by atoms with Gasteiger partial charge in [-0.15, -0.1) is 24.0 Å². The van der Waals surface area contributed by atoms with Gasteiger partial charge in [-0.3, -0.25) is 0 Å². The average Bonchev–Trinajstić information content (AvgIpc) is 2.55. The molecule has 3 N–H and O–H groups in total. The number of aryl methyl sites for hydroxylation is 2. The molecule has 0 aromatic heterocycles. The van der Waals surface area contributed by atoms with Gasteiger partial charge in [0.05, 0.1) is 6.54 Å². The predicted molar refractivity (Wildman–Crippen MR) is 108 cm³/mol. The van der Waals surface area contributed by atoms with E-state index in [1.807, 2.05) is 38.1 Å². The van der Waals surface area contributed by atoms with Gasteiger partial charge in [0.25, 0.3) is 6.43 Å². The Labute approximate surface area is 163 Å². The van der Waals surface area contributed by atoms with E-state index in [4.69, 9.17) is 10.5 Å². The van der Waals surface area contributed by atoms with E-state index in [1.54, 1.807) is 18.2 Å². The normalized spacial score (nSPS) is 11.2. The molecule has 0 radical (unpaired) electrons. The van der Waals surface area contributed by atoms with Gasteiger partial charge in [-0.1, -0.05) is 18.2 Å². The second-order valence-corrected chi connectivity index (χ2v) is 5.48. The van der Waals surface area contributed by atoms with Crippen molar-refractivity contribution in [1.29, 1.82) is 0 Å².